The van der Waals surface area contributed by atoms with Crippen molar-refractivity contribution < 1.29 is 4.42 Å². The molecule has 0 spiro atoms. The molecule has 1 unspecified atom stereocenters. The van der Waals surface area contributed by atoms with Crippen molar-refractivity contribution in [3.63, 3.8) is 0 Å². The van der Waals surface area contributed by atoms with E-state index in [2.05, 4.69) is 22.4 Å². The molecular formula is C15H11ClN2O. The van der Waals surface area contributed by atoms with Crippen LogP contribution in [0.1, 0.15) is 17.4 Å². The van der Waals surface area contributed by atoms with Crippen LogP contribution >= 0.6 is 11.6 Å². The summed E-state index contributed by atoms with van der Waals surface area (Å²) in [6.07, 6.45) is 0. The molecule has 2 heterocycles. The summed E-state index contributed by atoms with van der Waals surface area (Å²) in [7, 11) is 0. The normalized spacial score (nSPS) is 17.4. The van der Waals surface area contributed by atoms with Gasteiger partial charge in [-0.3, -0.25) is 0 Å². The molecule has 1 aliphatic heterocycles. The van der Waals surface area contributed by atoms with Gasteiger partial charge in [0.25, 0.3) is 0 Å². The molecule has 0 saturated heterocycles. The number of rotatable bonds is 1. The zero-order valence-corrected chi connectivity index (χ0v) is 10.8. The van der Waals surface area contributed by atoms with Gasteiger partial charge in [0.15, 0.2) is 5.58 Å². The number of hydrogen-bond donors (Lipinski definition) is 1. The number of nitrogens with one attached hydrogen (secondary N) is 1. The van der Waals surface area contributed by atoms with Gasteiger partial charge in [-0.25, -0.2) is 4.98 Å². The second-order valence-electron chi connectivity index (χ2n) is 4.68. The van der Waals surface area contributed by atoms with Crippen molar-refractivity contribution in [1.29, 1.82) is 0 Å². The molecule has 2 aromatic carbocycles. The molecule has 1 aliphatic rings. The molecule has 0 bridgehead atoms. The highest BCUT2D eigenvalue weighted by Crippen LogP contribution is 2.36. The maximum absolute atomic E-state index is 5.97. The van der Waals surface area contributed by atoms with Gasteiger partial charge in [-0.2, -0.15) is 0 Å². The average molecular weight is 271 g/mol. The summed E-state index contributed by atoms with van der Waals surface area (Å²) in [6.45, 7) is 0.819. The third-order valence-electron chi connectivity index (χ3n) is 3.50. The van der Waals surface area contributed by atoms with E-state index in [9.17, 15) is 0 Å². The van der Waals surface area contributed by atoms with Crippen molar-refractivity contribution >= 4 is 28.4 Å². The Hall–Kier alpha value is -2.00. The van der Waals surface area contributed by atoms with Gasteiger partial charge in [-0.15, -0.1) is 0 Å². The largest absolute Gasteiger partial charge is 0.440 e. The van der Waals surface area contributed by atoms with Gasteiger partial charge in [0.2, 0.25) is 5.89 Å². The van der Waals surface area contributed by atoms with Gasteiger partial charge in [0, 0.05) is 23.3 Å². The second-order valence-corrected chi connectivity index (χ2v) is 5.12. The van der Waals surface area contributed by atoms with Crippen LogP contribution in [0.5, 0.6) is 0 Å². The zero-order chi connectivity index (χ0) is 12.8. The zero-order valence-electron chi connectivity index (χ0n) is 10.1. The molecule has 3 aromatic rings. The lowest BCUT2D eigenvalue weighted by Crippen LogP contribution is -2.03. The van der Waals surface area contributed by atoms with Crippen molar-refractivity contribution in [3.8, 4) is 0 Å². The number of para-hydroxylation sites is 1. The molecule has 1 atom stereocenters. The van der Waals surface area contributed by atoms with E-state index in [0.717, 1.165) is 29.2 Å². The van der Waals surface area contributed by atoms with Crippen LogP contribution in [-0.4, -0.2) is 11.5 Å². The molecule has 0 radical (unpaired) electrons. The standard InChI is InChI=1S/C15H11ClN2O/c16-9-5-6-13-14(7-9)19-15(18-13)11-8-17-12-4-2-1-3-10(11)12/h1-7,11,17H,8H2. The Morgan fingerprint density at radius 1 is 1.21 bits per heavy atom. The molecule has 3 nitrogen and oxygen atoms in total. The van der Waals surface area contributed by atoms with Crippen molar-refractivity contribution in [2.24, 2.45) is 0 Å². The summed E-state index contributed by atoms with van der Waals surface area (Å²) < 4.78 is 5.85. The molecule has 4 heteroatoms. The van der Waals surface area contributed by atoms with Gasteiger partial charge in [0.1, 0.15) is 5.52 Å². The fraction of sp³-hybridized carbons (Fsp3) is 0.133. The van der Waals surface area contributed by atoms with Crippen molar-refractivity contribution in [1.82, 2.24) is 4.98 Å². The summed E-state index contributed by atoms with van der Waals surface area (Å²) in [4.78, 5) is 4.57. The summed E-state index contributed by atoms with van der Waals surface area (Å²) in [6, 6.07) is 13.8. The number of halogens is 1. The fourth-order valence-corrected chi connectivity index (χ4v) is 2.73. The smallest absolute Gasteiger partial charge is 0.204 e. The van der Waals surface area contributed by atoms with Crippen LogP contribution in [0.15, 0.2) is 46.9 Å². The monoisotopic (exact) mass is 270 g/mol. The van der Waals surface area contributed by atoms with E-state index in [1.165, 1.54) is 5.56 Å². The maximum Gasteiger partial charge on any atom is 0.204 e. The lowest BCUT2D eigenvalue weighted by Gasteiger charge is -2.04. The van der Waals surface area contributed by atoms with E-state index >= 15 is 0 Å². The predicted molar refractivity (Wildman–Crippen MR) is 75.8 cm³/mol. The van der Waals surface area contributed by atoms with Crippen molar-refractivity contribution in [3.05, 3.63) is 58.9 Å². The summed E-state index contributed by atoms with van der Waals surface area (Å²) >= 11 is 5.97. The molecular weight excluding hydrogens is 260 g/mol. The third-order valence-corrected chi connectivity index (χ3v) is 3.73. The minimum Gasteiger partial charge on any atom is -0.440 e. The number of aromatic nitrogens is 1. The molecule has 1 N–H and O–H groups in total. The number of fused-ring (bicyclic) bond motifs is 2. The van der Waals surface area contributed by atoms with Gasteiger partial charge >= 0.3 is 0 Å². The number of anilines is 1. The molecule has 94 valence electrons. The summed E-state index contributed by atoms with van der Waals surface area (Å²) in [5.74, 6) is 0.914. The highest BCUT2D eigenvalue weighted by Gasteiger charge is 2.27. The Morgan fingerprint density at radius 3 is 3.05 bits per heavy atom. The van der Waals surface area contributed by atoms with E-state index in [-0.39, 0.29) is 5.92 Å². The lowest BCUT2D eigenvalue weighted by atomic mass is 10.0. The second kappa shape index (κ2) is 4.00. The van der Waals surface area contributed by atoms with E-state index in [1.807, 2.05) is 30.3 Å². The Balaban J connectivity index is 1.83. The van der Waals surface area contributed by atoms with Crippen LogP contribution in [0.2, 0.25) is 5.02 Å². The summed E-state index contributed by atoms with van der Waals surface area (Å²) in [5, 5.41) is 4.05. The van der Waals surface area contributed by atoms with Gasteiger partial charge in [-0.1, -0.05) is 29.8 Å². The minimum atomic E-state index is 0.169. The average Bonchev–Trinajstić information content (AvgIpc) is 3.00. The first-order valence-corrected chi connectivity index (χ1v) is 6.58. The quantitative estimate of drug-likeness (QED) is 0.725. The van der Waals surface area contributed by atoms with E-state index in [0.29, 0.717) is 5.02 Å². The lowest BCUT2D eigenvalue weighted by molar-refractivity contribution is 0.512. The van der Waals surface area contributed by atoms with Crippen LogP contribution < -0.4 is 5.32 Å². The fourth-order valence-electron chi connectivity index (χ4n) is 2.57. The molecule has 0 aliphatic carbocycles. The van der Waals surface area contributed by atoms with Crippen molar-refractivity contribution in [2.45, 2.75) is 5.92 Å². The van der Waals surface area contributed by atoms with Gasteiger partial charge in [0.05, 0.1) is 5.92 Å². The predicted octanol–water partition coefficient (Wildman–Crippen LogP) is 4.04. The summed E-state index contributed by atoms with van der Waals surface area (Å²) in [5.41, 5.74) is 3.99. The first kappa shape index (κ1) is 10.9. The van der Waals surface area contributed by atoms with Crippen molar-refractivity contribution in [2.75, 3.05) is 11.9 Å². The van der Waals surface area contributed by atoms with Crippen LogP contribution in [-0.2, 0) is 0 Å². The SMILES string of the molecule is Clc1ccc2nc(C3CNc4ccccc43)oc2c1. The number of nitrogens with zero attached hydrogens (tertiary/aromatic N) is 1. The first-order valence-electron chi connectivity index (χ1n) is 6.20. The first-order chi connectivity index (χ1) is 9.31. The maximum atomic E-state index is 5.97. The highest BCUT2D eigenvalue weighted by molar-refractivity contribution is 6.31. The Morgan fingerprint density at radius 2 is 2.11 bits per heavy atom. The minimum absolute atomic E-state index is 0.169. The van der Waals surface area contributed by atoms with Crippen LogP contribution in [0.4, 0.5) is 5.69 Å². The molecule has 0 fully saturated rings. The van der Waals surface area contributed by atoms with Crippen LogP contribution in [0.3, 0.4) is 0 Å². The number of benzene rings is 2. The molecule has 4 rings (SSSR count). The topological polar surface area (TPSA) is 38.1 Å². The number of oxazole rings is 1. The van der Waals surface area contributed by atoms with E-state index in [4.69, 9.17) is 16.0 Å². The number of hydrogen-bond acceptors (Lipinski definition) is 3. The molecule has 0 saturated carbocycles. The molecule has 1 aromatic heterocycles. The highest BCUT2D eigenvalue weighted by atomic mass is 35.5. The van der Waals surface area contributed by atoms with Gasteiger partial charge < -0.3 is 9.73 Å². The van der Waals surface area contributed by atoms with Crippen LogP contribution in [0.25, 0.3) is 11.1 Å². The Labute approximate surface area is 115 Å². The Bertz CT molecular complexity index is 766. The van der Waals surface area contributed by atoms with E-state index < -0.39 is 0 Å². The molecule has 19 heavy (non-hydrogen) atoms. The van der Waals surface area contributed by atoms with Gasteiger partial charge in [-0.05, 0) is 23.8 Å². The van der Waals surface area contributed by atoms with E-state index in [1.54, 1.807) is 0 Å². The Kier molecular flexibility index (Phi) is 2.29. The third kappa shape index (κ3) is 1.70. The van der Waals surface area contributed by atoms with Crippen LogP contribution in [0, 0.1) is 0 Å². The molecule has 0 amide bonds.